The van der Waals surface area contributed by atoms with Crippen LogP contribution in [0.1, 0.15) is 10.5 Å². The van der Waals surface area contributed by atoms with Gasteiger partial charge in [-0.2, -0.15) is 0 Å². The summed E-state index contributed by atoms with van der Waals surface area (Å²) in [5, 5.41) is 25.5. The Morgan fingerprint density at radius 1 is 1.28 bits per heavy atom. The first-order valence-corrected chi connectivity index (χ1v) is 6.45. The van der Waals surface area contributed by atoms with Crippen molar-refractivity contribution in [3.05, 3.63) is 17.8 Å². The number of carbonyl (C=O) groups is 1. The molecule has 0 atom stereocenters. The number of anilines is 1. The molecule has 0 amide bonds. The standard InChI is InChI=1S/C9H9N5O2S2/c1-14(2)8-12-13-9(18-8)17-6-4-3-5(7(15)16)10-11-6/h3-4H,1-2H3,(H,15,16). The van der Waals surface area contributed by atoms with Crippen LogP contribution in [0.2, 0.25) is 0 Å². The van der Waals surface area contributed by atoms with Gasteiger partial charge < -0.3 is 10.0 Å². The van der Waals surface area contributed by atoms with Gasteiger partial charge in [-0.05, 0) is 23.9 Å². The van der Waals surface area contributed by atoms with E-state index in [0.29, 0.717) is 5.03 Å². The molecule has 7 nitrogen and oxygen atoms in total. The molecule has 9 heteroatoms. The van der Waals surface area contributed by atoms with Crippen LogP contribution >= 0.6 is 23.1 Å². The molecule has 0 unspecified atom stereocenters. The summed E-state index contributed by atoms with van der Waals surface area (Å²) in [6, 6.07) is 3.00. The number of hydrogen-bond acceptors (Lipinski definition) is 8. The van der Waals surface area contributed by atoms with Crippen LogP contribution in [-0.4, -0.2) is 45.6 Å². The van der Waals surface area contributed by atoms with E-state index >= 15 is 0 Å². The lowest BCUT2D eigenvalue weighted by Gasteiger charge is -2.03. The molecule has 0 fully saturated rings. The molecule has 0 bridgehead atoms. The summed E-state index contributed by atoms with van der Waals surface area (Å²) in [6.07, 6.45) is 0. The van der Waals surface area contributed by atoms with Gasteiger partial charge in [-0.25, -0.2) is 4.79 Å². The molecule has 2 aromatic heterocycles. The van der Waals surface area contributed by atoms with Crippen LogP contribution in [-0.2, 0) is 0 Å². The number of aromatic carboxylic acids is 1. The molecule has 0 aliphatic carbocycles. The van der Waals surface area contributed by atoms with Gasteiger partial charge in [0, 0.05) is 14.1 Å². The lowest BCUT2D eigenvalue weighted by Crippen LogP contribution is -2.07. The molecule has 2 heterocycles. The summed E-state index contributed by atoms with van der Waals surface area (Å²) in [6.45, 7) is 0. The van der Waals surface area contributed by atoms with Gasteiger partial charge in [0.05, 0.1) is 0 Å². The van der Waals surface area contributed by atoms with Gasteiger partial charge in [0.15, 0.2) is 10.0 Å². The van der Waals surface area contributed by atoms with Gasteiger partial charge >= 0.3 is 5.97 Å². The summed E-state index contributed by atoms with van der Waals surface area (Å²) >= 11 is 2.73. The third kappa shape index (κ3) is 2.93. The van der Waals surface area contributed by atoms with Crippen molar-refractivity contribution in [2.75, 3.05) is 19.0 Å². The van der Waals surface area contributed by atoms with Crippen molar-refractivity contribution in [1.82, 2.24) is 20.4 Å². The van der Waals surface area contributed by atoms with Crippen molar-refractivity contribution < 1.29 is 9.90 Å². The summed E-state index contributed by atoms with van der Waals surface area (Å²) < 4.78 is 0.732. The van der Waals surface area contributed by atoms with Crippen LogP contribution in [0.3, 0.4) is 0 Å². The number of aromatic nitrogens is 4. The first-order valence-electron chi connectivity index (χ1n) is 4.82. The number of carboxylic acids is 1. The average molecular weight is 283 g/mol. The second kappa shape index (κ2) is 5.27. The van der Waals surface area contributed by atoms with Gasteiger partial charge in [-0.15, -0.1) is 20.4 Å². The molecule has 1 N–H and O–H groups in total. The molecule has 0 saturated heterocycles. The van der Waals surface area contributed by atoms with Gasteiger partial charge in [-0.3, -0.25) is 0 Å². The van der Waals surface area contributed by atoms with Crippen LogP contribution in [0, 0.1) is 0 Å². The third-order valence-electron chi connectivity index (χ3n) is 1.83. The van der Waals surface area contributed by atoms with E-state index in [2.05, 4.69) is 20.4 Å². The second-order valence-corrected chi connectivity index (χ2v) is 5.63. The van der Waals surface area contributed by atoms with Crippen molar-refractivity contribution in [2.24, 2.45) is 0 Å². The van der Waals surface area contributed by atoms with E-state index in [-0.39, 0.29) is 5.69 Å². The quantitative estimate of drug-likeness (QED) is 0.896. The summed E-state index contributed by atoms with van der Waals surface area (Å²) in [7, 11) is 3.77. The van der Waals surface area contributed by atoms with E-state index in [1.54, 1.807) is 6.07 Å². The van der Waals surface area contributed by atoms with Crippen molar-refractivity contribution in [3.63, 3.8) is 0 Å². The fourth-order valence-corrected chi connectivity index (χ4v) is 2.63. The molecule has 2 rings (SSSR count). The molecular weight excluding hydrogens is 274 g/mol. The van der Waals surface area contributed by atoms with Crippen LogP contribution < -0.4 is 4.90 Å². The minimum Gasteiger partial charge on any atom is -0.476 e. The van der Waals surface area contributed by atoms with E-state index in [1.807, 2.05) is 19.0 Å². The number of hydrogen-bond donors (Lipinski definition) is 1. The predicted molar refractivity (Wildman–Crippen MR) is 67.4 cm³/mol. The highest BCUT2D eigenvalue weighted by Gasteiger charge is 2.10. The van der Waals surface area contributed by atoms with Gasteiger partial charge in [0.25, 0.3) is 0 Å². The lowest BCUT2D eigenvalue weighted by atomic mass is 10.4. The highest BCUT2D eigenvalue weighted by atomic mass is 32.2. The van der Waals surface area contributed by atoms with E-state index in [0.717, 1.165) is 9.47 Å². The maximum absolute atomic E-state index is 10.6. The molecule has 2 aromatic rings. The Labute approximate surface area is 111 Å². The monoisotopic (exact) mass is 283 g/mol. The van der Waals surface area contributed by atoms with Crippen molar-refractivity contribution in [3.8, 4) is 0 Å². The Morgan fingerprint density at radius 3 is 2.56 bits per heavy atom. The zero-order valence-electron chi connectivity index (χ0n) is 9.56. The Balaban J connectivity index is 2.10. The highest BCUT2D eigenvalue weighted by Crippen LogP contribution is 2.31. The lowest BCUT2D eigenvalue weighted by molar-refractivity contribution is 0.0689. The number of carboxylic acid groups (broad SMARTS) is 1. The zero-order chi connectivity index (χ0) is 13.1. The van der Waals surface area contributed by atoms with Crippen molar-refractivity contribution in [1.29, 1.82) is 0 Å². The summed E-state index contributed by atoms with van der Waals surface area (Å²) in [5.74, 6) is -1.09. The molecule has 94 valence electrons. The Bertz CT molecular complexity index is 554. The van der Waals surface area contributed by atoms with E-state index in [4.69, 9.17) is 5.11 Å². The zero-order valence-corrected chi connectivity index (χ0v) is 11.2. The molecule has 0 saturated carbocycles. The van der Waals surface area contributed by atoms with Crippen molar-refractivity contribution >= 4 is 34.2 Å². The van der Waals surface area contributed by atoms with E-state index in [1.165, 1.54) is 29.2 Å². The fourth-order valence-electron chi connectivity index (χ4n) is 1.00. The molecule has 0 aromatic carbocycles. The Hall–Kier alpha value is -1.74. The van der Waals surface area contributed by atoms with Crippen LogP contribution in [0.5, 0.6) is 0 Å². The smallest absolute Gasteiger partial charge is 0.356 e. The largest absolute Gasteiger partial charge is 0.476 e. The second-order valence-electron chi connectivity index (χ2n) is 3.41. The molecule has 0 aliphatic heterocycles. The summed E-state index contributed by atoms with van der Waals surface area (Å²) in [4.78, 5) is 12.5. The molecule has 0 spiro atoms. The maximum Gasteiger partial charge on any atom is 0.356 e. The molecule has 18 heavy (non-hydrogen) atoms. The average Bonchev–Trinajstić information content (AvgIpc) is 2.78. The minimum atomic E-state index is -1.09. The van der Waals surface area contributed by atoms with Crippen LogP contribution in [0.15, 0.2) is 21.5 Å². The van der Waals surface area contributed by atoms with Crippen molar-refractivity contribution in [2.45, 2.75) is 9.37 Å². The third-order valence-corrected chi connectivity index (χ3v) is 3.90. The maximum atomic E-state index is 10.6. The number of nitrogens with zero attached hydrogens (tertiary/aromatic N) is 5. The Kier molecular flexibility index (Phi) is 3.72. The first-order chi connectivity index (χ1) is 8.56. The molecule has 0 radical (unpaired) electrons. The minimum absolute atomic E-state index is 0.0782. The first kappa shape index (κ1) is 12.7. The van der Waals surface area contributed by atoms with Crippen LogP contribution in [0.25, 0.3) is 0 Å². The normalized spacial score (nSPS) is 10.3. The van der Waals surface area contributed by atoms with Gasteiger partial charge in [-0.1, -0.05) is 11.3 Å². The van der Waals surface area contributed by atoms with Gasteiger partial charge in [0.2, 0.25) is 5.13 Å². The predicted octanol–water partition coefficient (Wildman–Crippen LogP) is 1.24. The molecular formula is C9H9N5O2S2. The molecule has 0 aliphatic rings. The van der Waals surface area contributed by atoms with Crippen LogP contribution in [0.4, 0.5) is 5.13 Å². The fraction of sp³-hybridized carbons (Fsp3) is 0.222. The summed E-state index contributed by atoms with van der Waals surface area (Å²) in [5.41, 5.74) is -0.0782. The van der Waals surface area contributed by atoms with Gasteiger partial charge in [0.1, 0.15) is 5.03 Å². The Morgan fingerprint density at radius 2 is 2.06 bits per heavy atom. The van der Waals surface area contributed by atoms with E-state index in [9.17, 15) is 4.79 Å². The highest BCUT2D eigenvalue weighted by molar-refractivity contribution is 8.01. The number of rotatable bonds is 4. The topological polar surface area (TPSA) is 92.1 Å². The van der Waals surface area contributed by atoms with E-state index < -0.39 is 5.97 Å². The SMILES string of the molecule is CN(C)c1nnc(Sc2ccc(C(=O)O)nn2)s1.